The highest BCUT2D eigenvalue weighted by molar-refractivity contribution is 7.89. The maximum absolute atomic E-state index is 12.1. The van der Waals surface area contributed by atoms with Gasteiger partial charge in [-0.1, -0.05) is 13.3 Å². The lowest BCUT2D eigenvalue weighted by Crippen LogP contribution is -2.27. The fourth-order valence-electron chi connectivity index (χ4n) is 2.20. The third kappa shape index (κ3) is 3.07. The zero-order chi connectivity index (χ0) is 14.9. The summed E-state index contributed by atoms with van der Waals surface area (Å²) in [5.74, 6) is 0.374. The Kier molecular flexibility index (Phi) is 3.96. The molecule has 7 nitrogen and oxygen atoms in total. The van der Waals surface area contributed by atoms with E-state index in [1.165, 1.54) is 12.1 Å². The first kappa shape index (κ1) is 14.7. The number of nitro groups is 1. The van der Waals surface area contributed by atoms with Crippen LogP contribution in [0.3, 0.4) is 0 Å². The van der Waals surface area contributed by atoms with Gasteiger partial charge in [-0.05, 0) is 30.9 Å². The van der Waals surface area contributed by atoms with Crippen molar-refractivity contribution < 1.29 is 13.3 Å². The summed E-state index contributed by atoms with van der Waals surface area (Å²) in [6.45, 7) is 2.05. The highest BCUT2D eigenvalue weighted by atomic mass is 32.2. The average Bonchev–Trinajstić information content (AvgIpc) is 3.06. The summed E-state index contributed by atoms with van der Waals surface area (Å²) in [7, 11) is -3.73. The maximum Gasteiger partial charge on any atom is 0.293 e. The normalized spacial score (nSPS) is 21.6. The van der Waals surface area contributed by atoms with Gasteiger partial charge in [0.2, 0.25) is 10.0 Å². The molecule has 0 aromatic heterocycles. The molecular formula is C12H17N3O4S. The highest BCUT2D eigenvalue weighted by Gasteiger charge is 2.39. The van der Waals surface area contributed by atoms with Gasteiger partial charge in [-0.25, -0.2) is 13.1 Å². The number of anilines is 1. The van der Waals surface area contributed by atoms with E-state index in [-0.39, 0.29) is 16.6 Å². The number of nitrogens with two attached hydrogens (primary N) is 1. The van der Waals surface area contributed by atoms with Gasteiger partial charge in [-0.3, -0.25) is 10.1 Å². The summed E-state index contributed by atoms with van der Waals surface area (Å²) in [6.07, 6.45) is 2.81. The first-order valence-corrected chi connectivity index (χ1v) is 7.89. The van der Waals surface area contributed by atoms with Gasteiger partial charge in [0.05, 0.1) is 9.82 Å². The highest BCUT2D eigenvalue weighted by Crippen LogP contribution is 2.36. The zero-order valence-corrected chi connectivity index (χ0v) is 11.9. The van der Waals surface area contributed by atoms with Gasteiger partial charge in [0, 0.05) is 12.1 Å². The molecule has 1 aromatic rings. The second kappa shape index (κ2) is 5.37. The summed E-state index contributed by atoms with van der Waals surface area (Å²) < 4.78 is 26.9. The predicted octanol–water partition coefficient (Wildman–Crippen LogP) is 1.64. The second-order valence-corrected chi connectivity index (χ2v) is 6.70. The average molecular weight is 299 g/mol. The molecule has 1 aromatic carbocycles. The molecule has 1 aliphatic rings. The van der Waals surface area contributed by atoms with Gasteiger partial charge in [-0.2, -0.15) is 0 Å². The van der Waals surface area contributed by atoms with E-state index in [2.05, 4.69) is 4.72 Å². The monoisotopic (exact) mass is 299 g/mol. The van der Waals surface area contributed by atoms with Crippen LogP contribution < -0.4 is 10.5 Å². The fourth-order valence-corrected chi connectivity index (χ4v) is 3.54. The molecule has 1 fully saturated rings. The number of hydrogen-bond acceptors (Lipinski definition) is 5. The van der Waals surface area contributed by atoms with Crippen molar-refractivity contribution in [3.05, 3.63) is 28.3 Å². The molecule has 2 atom stereocenters. The summed E-state index contributed by atoms with van der Waals surface area (Å²) in [4.78, 5) is 9.97. The van der Waals surface area contributed by atoms with Crippen molar-refractivity contribution in [2.75, 3.05) is 5.73 Å². The van der Waals surface area contributed by atoms with Gasteiger partial charge >= 0.3 is 0 Å². The van der Waals surface area contributed by atoms with Crippen LogP contribution in [0.5, 0.6) is 0 Å². The van der Waals surface area contributed by atoms with Gasteiger partial charge in [0.1, 0.15) is 5.69 Å². The molecule has 0 amide bonds. The lowest BCUT2D eigenvalue weighted by atomic mass is 10.2. The molecule has 2 unspecified atom stereocenters. The minimum atomic E-state index is -3.73. The number of benzene rings is 1. The molecule has 0 bridgehead atoms. The lowest BCUT2D eigenvalue weighted by molar-refractivity contribution is -0.384. The summed E-state index contributed by atoms with van der Waals surface area (Å²) >= 11 is 0. The van der Waals surface area contributed by atoms with Crippen LogP contribution in [0.1, 0.15) is 26.2 Å². The number of nitrogens with one attached hydrogen (secondary N) is 1. The van der Waals surface area contributed by atoms with Crippen LogP contribution in [-0.2, 0) is 10.0 Å². The largest absolute Gasteiger partial charge is 0.393 e. The molecule has 110 valence electrons. The van der Waals surface area contributed by atoms with Crippen LogP contribution >= 0.6 is 0 Å². The molecule has 0 heterocycles. The number of hydrogen-bond donors (Lipinski definition) is 2. The number of sulfonamides is 1. The van der Waals surface area contributed by atoms with Gasteiger partial charge in [0.25, 0.3) is 5.69 Å². The van der Waals surface area contributed by atoms with E-state index in [1.54, 1.807) is 0 Å². The van der Waals surface area contributed by atoms with Crippen LogP contribution in [0.15, 0.2) is 23.1 Å². The van der Waals surface area contributed by atoms with Crippen LogP contribution in [0.25, 0.3) is 0 Å². The first-order chi connectivity index (χ1) is 9.35. The number of nitro benzene ring substituents is 1. The Morgan fingerprint density at radius 3 is 2.80 bits per heavy atom. The quantitative estimate of drug-likeness (QED) is 0.470. The van der Waals surface area contributed by atoms with Crippen LogP contribution in [-0.4, -0.2) is 19.4 Å². The van der Waals surface area contributed by atoms with Crippen LogP contribution in [0.2, 0.25) is 0 Å². The van der Waals surface area contributed by atoms with Crippen molar-refractivity contribution in [3.8, 4) is 0 Å². The van der Waals surface area contributed by atoms with E-state index in [0.717, 1.165) is 25.3 Å². The third-order valence-electron chi connectivity index (χ3n) is 3.40. The van der Waals surface area contributed by atoms with Crippen molar-refractivity contribution in [3.63, 3.8) is 0 Å². The Hall–Kier alpha value is -1.67. The Labute approximate surface area is 117 Å². The summed E-state index contributed by atoms with van der Waals surface area (Å²) in [5.41, 5.74) is 5.01. The van der Waals surface area contributed by atoms with E-state index < -0.39 is 20.6 Å². The Morgan fingerprint density at radius 1 is 1.50 bits per heavy atom. The maximum atomic E-state index is 12.1. The van der Waals surface area contributed by atoms with Crippen LogP contribution in [0.4, 0.5) is 11.4 Å². The van der Waals surface area contributed by atoms with Crippen LogP contribution in [0, 0.1) is 16.0 Å². The van der Waals surface area contributed by atoms with Gasteiger partial charge in [0.15, 0.2) is 0 Å². The van der Waals surface area contributed by atoms with Gasteiger partial charge in [-0.15, -0.1) is 0 Å². The molecule has 2 rings (SSSR count). The molecule has 8 heteroatoms. The Morgan fingerprint density at radius 2 is 2.20 bits per heavy atom. The molecule has 1 aliphatic carbocycles. The smallest absolute Gasteiger partial charge is 0.293 e. The number of nitrogens with zero attached hydrogens (tertiary/aromatic N) is 1. The first-order valence-electron chi connectivity index (χ1n) is 6.41. The standard InChI is InChI=1S/C12H17N3O4S/c1-2-3-8-6-11(8)14-20(18,19)9-4-5-10(13)12(7-9)15(16)17/h4-5,7-8,11,14H,2-3,6,13H2,1H3. The van der Waals surface area contributed by atoms with Crippen molar-refractivity contribution in [2.45, 2.75) is 37.1 Å². The van der Waals surface area contributed by atoms with Crippen molar-refractivity contribution in [2.24, 2.45) is 5.92 Å². The molecule has 20 heavy (non-hydrogen) atoms. The minimum absolute atomic E-state index is 0.0516. The van der Waals surface area contributed by atoms with E-state index in [9.17, 15) is 18.5 Å². The molecular weight excluding hydrogens is 282 g/mol. The van der Waals surface area contributed by atoms with Crippen molar-refractivity contribution in [1.82, 2.24) is 4.72 Å². The minimum Gasteiger partial charge on any atom is -0.393 e. The topological polar surface area (TPSA) is 115 Å². The van der Waals surface area contributed by atoms with E-state index in [0.29, 0.717) is 5.92 Å². The fraction of sp³-hybridized carbons (Fsp3) is 0.500. The van der Waals surface area contributed by atoms with E-state index >= 15 is 0 Å². The molecule has 0 radical (unpaired) electrons. The molecule has 3 N–H and O–H groups in total. The number of rotatable bonds is 6. The van der Waals surface area contributed by atoms with Crippen molar-refractivity contribution >= 4 is 21.4 Å². The van der Waals surface area contributed by atoms with E-state index in [1.807, 2.05) is 6.92 Å². The number of nitrogen functional groups attached to an aromatic ring is 1. The SMILES string of the molecule is CCCC1CC1NS(=O)(=O)c1ccc(N)c([N+](=O)[O-])c1. The Balaban J connectivity index is 2.18. The van der Waals surface area contributed by atoms with Gasteiger partial charge < -0.3 is 5.73 Å². The molecule has 1 saturated carbocycles. The zero-order valence-electron chi connectivity index (χ0n) is 11.1. The van der Waals surface area contributed by atoms with E-state index in [4.69, 9.17) is 5.73 Å². The predicted molar refractivity (Wildman–Crippen MR) is 74.6 cm³/mol. The summed E-state index contributed by atoms with van der Waals surface area (Å²) in [6, 6.07) is 3.46. The summed E-state index contributed by atoms with van der Waals surface area (Å²) in [5, 5.41) is 10.8. The lowest BCUT2D eigenvalue weighted by Gasteiger charge is -2.07. The van der Waals surface area contributed by atoms with Crippen molar-refractivity contribution in [1.29, 1.82) is 0 Å². The molecule has 0 saturated heterocycles. The Bertz CT molecular complexity index is 630. The molecule has 0 aliphatic heterocycles. The third-order valence-corrected chi connectivity index (χ3v) is 4.89. The second-order valence-electron chi connectivity index (χ2n) is 4.99. The molecule has 0 spiro atoms.